The molecule has 1 N–H and O–H groups in total. The minimum Gasteiger partial charge on any atom is -0.493 e. The molecule has 0 aliphatic carbocycles. The molecule has 0 saturated heterocycles. The van der Waals surface area contributed by atoms with Crippen LogP contribution in [0.1, 0.15) is 15.9 Å². The molecule has 3 aromatic carbocycles. The molecule has 1 aromatic heterocycles. The number of carbonyl (C=O) groups excluding carboxylic acids is 1. The maximum Gasteiger partial charge on any atom is 0.271 e. The predicted molar refractivity (Wildman–Crippen MR) is 138 cm³/mol. The Morgan fingerprint density at radius 1 is 1.08 bits per heavy atom. The smallest absolute Gasteiger partial charge is 0.271 e. The first-order valence-corrected chi connectivity index (χ1v) is 12.0. The van der Waals surface area contributed by atoms with Crippen LogP contribution in [0.15, 0.2) is 68.9 Å². The first-order valence-electron chi connectivity index (χ1n) is 10.4. The van der Waals surface area contributed by atoms with Crippen molar-refractivity contribution in [1.82, 2.24) is 10.4 Å². The molecule has 0 fully saturated rings. The Morgan fingerprint density at radius 3 is 2.44 bits per heavy atom. The van der Waals surface area contributed by atoms with Gasteiger partial charge in [-0.1, -0.05) is 23.9 Å². The van der Waals surface area contributed by atoms with Crippen LogP contribution in [0.2, 0.25) is 0 Å². The van der Waals surface area contributed by atoms with E-state index in [-0.39, 0.29) is 11.3 Å². The Morgan fingerprint density at radius 2 is 1.81 bits per heavy atom. The lowest BCUT2D eigenvalue weighted by atomic mass is 10.1. The lowest BCUT2D eigenvalue weighted by Crippen LogP contribution is -2.18. The van der Waals surface area contributed by atoms with Crippen LogP contribution in [0, 0.1) is 10.1 Å². The molecule has 0 aliphatic heterocycles. The Hall–Kier alpha value is -4.16. The van der Waals surface area contributed by atoms with E-state index in [1.165, 1.54) is 74.9 Å². The van der Waals surface area contributed by atoms with E-state index in [9.17, 15) is 14.9 Å². The standard InChI is InChI=1S/C24H20N4O6S2/c1-32-18-11-14(12-19(33-2)22(18)34-3)23(29)27-25-13-15-10-16(28(30)31)8-9-20(15)35-24-26-17-6-4-5-7-21(17)36-24/h4-13H,1-3H3,(H,27,29)/b25-13-. The summed E-state index contributed by atoms with van der Waals surface area (Å²) >= 11 is 2.88. The molecule has 12 heteroatoms. The first-order chi connectivity index (χ1) is 17.4. The van der Waals surface area contributed by atoms with Crippen molar-refractivity contribution in [2.45, 2.75) is 9.24 Å². The molecule has 0 unspecified atom stereocenters. The van der Waals surface area contributed by atoms with Gasteiger partial charge in [0.05, 0.1) is 42.7 Å². The van der Waals surface area contributed by atoms with E-state index < -0.39 is 10.8 Å². The molecule has 184 valence electrons. The number of para-hydroxylation sites is 1. The van der Waals surface area contributed by atoms with Crippen molar-refractivity contribution in [1.29, 1.82) is 0 Å². The Kier molecular flexibility index (Phi) is 7.66. The number of carbonyl (C=O) groups is 1. The van der Waals surface area contributed by atoms with E-state index in [1.54, 1.807) is 6.07 Å². The van der Waals surface area contributed by atoms with Gasteiger partial charge in [-0.3, -0.25) is 14.9 Å². The first kappa shape index (κ1) is 24.9. The van der Waals surface area contributed by atoms with Crippen LogP contribution in [0.4, 0.5) is 5.69 Å². The third-order valence-corrected chi connectivity index (χ3v) is 7.16. The molecule has 0 spiro atoms. The Balaban J connectivity index is 1.59. The van der Waals surface area contributed by atoms with Crippen LogP contribution >= 0.6 is 23.1 Å². The van der Waals surface area contributed by atoms with Crippen molar-refractivity contribution >= 4 is 51.1 Å². The second-order valence-electron chi connectivity index (χ2n) is 7.14. The number of benzene rings is 3. The van der Waals surface area contributed by atoms with E-state index >= 15 is 0 Å². The van der Waals surface area contributed by atoms with Crippen molar-refractivity contribution in [3.05, 3.63) is 75.8 Å². The molecule has 4 rings (SSSR count). The number of thiazole rings is 1. The molecule has 0 aliphatic rings. The molecule has 0 atom stereocenters. The van der Waals surface area contributed by atoms with Gasteiger partial charge in [0, 0.05) is 28.2 Å². The van der Waals surface area contributed by atoms with E-state index in [2.05, 4.69) is 15.5 Å². The number of non-ortho nitro benzene ring substituents is 1. The molecular formula is C24H20N4O6S2. The topological polar surface area (TPSA) is 125 Å². The number of rotatable bonds is 9. The van der Waals surface area contributed by atoms with Crippen LogP contribution in [0.25, 0.3) is 10.2 Å². The fourth-order valence-corrected chi connectivity index (χ4v) is 5.37. The van der Waals surface area contributed by atoms with Gasteiger partial charge in [0.1, 0.15) is 0 Å². The quantitative estimate of drug-likeness (QED) is 0.181. The van der Waals surface area contributed by atoms with Crippen molar-refractivity contribution in [3.63, 3.8) is 0 Å². The second kappa shape index (κ2) is 11.1. The van der Waals surface area contributed by atoms with Gasteiger partial charge < -0.3 is 14.2 Å². The molecule has 0 radical (unpaired) electrons. The number of nitro benzene ring substituents is 1. The average Bonchev–Trinajstić information content (AvgIpc) is 3.30. The number of nitrogens with one attached hydrogen (secondary N) is 1. The number of methoxy groups -OCH3 is 3. The van der Waals surface area contributed by atoms with E-state index in [0.29, 0.717) is 27.7 Å². The van der Waals surface area contributed by atoms with E-state index in [4.69, 9.17) is 14.2 Å². The molecule has 1 heterocycles. The number of nitrogens with zero attached hydrogens (tertiary/aromatic N) is 3. The van der Waals surface area contributed by atoms with E-state index in [0.717, 1.165) is 14.6 Å². The van der Waals surface area contributed by atoms with E-state index in [1.807, 2.05) is 24.3 Å². The number of hydrogen-bond acceptors (Lipinski definition) is 10. The molecule has 10 nitrogen and oxygen atoms in total. The van der Waals surface area contributed by atoms with Crippen molar-refractivity contribution in [2.24, 2.45) is 5.10 Å². The summed E-state index contributed by atoms with van der Waals surface area (Å²) in [6.07, 6.45) is 1.36. The zero-order chi connectivity index (χ0) is 25.7. The summed E-state index contributed by atoms with van der Waals surface area (Å²) in [6, 6.07) is 15.2. The summed E-state index contributed by atoms with van der Waals surface area (Å²) in [7, 11) is 4.36. The number of hydrogen-bond donors (Lipinski definition) is 1. The van der Waals surface area contributed by atoms with Gasteiger partial charge >= 0.3 is 0 Å². The number of aromatic nitrogens is 1. The Labute approximate surface area is 214 Å². The number of hydrazone groups is 1. The van der Waals surface area contributed by atoms with Crippen molar-refractivity contribution < 1.29 is 23.9 Å². The largest absolute Gasteiger partial charge is 0.493 e. The van der Waals surface area contributed by atoms with Crippen LogP contribution < -0.4 is 19.6 Å². The molecule has 0 bridgehead atoms. The molecule has 0 saturated carbocycles. The lowest BCUT2D eigenvalue weighted by molar-refractivity contribution is -0.384. The SMILES string of the molecule is COc1cc(C(=O)N/N=C\c2cc([N+](=O)[O-])ccc2Sc2nc3ccccc3s2)cc(OC)c1OC. The lowest BCUT2D eigenvalue weighted by Gasteiger charge is -2.13. The van der Waals surface area contributed by atoms with Crippen molar-refractivity contribution in [2.75, 3.05) is 21.3 Å². The van der Waals surface area contributed by atoms with Gasteiger partial charge in [-0.05, 0) is 30.3 Å². The minimum absolute atomic E-state index is 0.0962. The summed E-state index contributed by atoms with van der Waals surface area (Å²) in [5.74, 6) is 0.461. The van der Waals surface area contributed by atoms with Gasteiger partial charge in [0.2, 0.25) is 5.75 Å². The van der Waals surface area contributed by atoms with Gasteiger partial charge in [-0.2, -0.15) is 5.10 Å². The second-order valence-corrected chi connectivity index (χ2v) is 9.46. The molecule has 4 aromatic rings. The highest BCUT2D eigenvalue weighted by atomic mass is 32.2. The molecule has 36 heavy (non-hydrogen) atoms. The highest BCUT2D eigenvalue weighted by Crippen LogP contribution is 2.38. The normalized spacial score (nSPS) is 11.0. The third kappa shape index (κ3) is 5.39. The fourth-order valence-electron chi connectivity index (χ4n) is 3.27. The number of nitro groups is 1. The van der Waals surface area contributed by atoms with Crippen LogP contribution in [0.3, 0.4) is 0 Å². The van der Waals surface area contributed by atoms with Crippen LogP contribution in [-0.4, -0.2) is 43.4 Å². The summed E-state index contributed by atoms with van der Waals surface area (Å²) in [5.41, 5.74) is 3.90. The fraction of sp³-hybridized carbons (Fsp3) is 0.125. The van der Waals surface area contributed by atoms with Crippen LogP contribution in [-0.2, 0) is 0 Å². The van der Waals surface area contributed by atoms with Crippen molar-refractivity contribution in [3.8, 4) is 17.2 Å². The van der Waals surface area contributed by atoms with Gasteiger partial charge in [0.15, 0.2) is 15.8 Å². The highest BCUT2D eigenvalue weighted by Gasteiger charge is 2.17. The van der Waals surface area contributed by atoms with Crippen LogP contribution in [0.5, 0.6) is 17.2 Å². The Bertz CT molecular complexity index is 1410. The number of fused-ring (bicyclic) bond motifs is 1. The summed E-state index contributed by atoms with van der Waals surface area (Å²) in [6.45, 7) is 0. The molecule has 1 amide bonds. The average molecular weight is 525 g/mol. The van der Waals surface area contributed by atoms with Gasteiger partial charge in [0.25, 0.3) is 11.6 Å². The number of ether oxygens (including phenoxy) is 3. The maximum absolute atomic E-state index is 12.7. The highest BCUT2D eigenvalue weighted by molar-refractivity contribution is 8.01. The summed E-state index contributed by atoms with van der Waals surface area (Å²) in [5, 5.41) is 15.3. The zero-order valence-corrected chi connectivity index (χ0v) is 21.0. The number of amides is 1. The monoisotopic (exact) mass is 524 g/mol. The van der Waals surface area contributed by atoms with Gasteiger partial charge in [-0.25, -0.2) is 10.4 Å². The van der Waals surface area contributed by atoms with Gasteiger partial charge in [-0.15, -0.1) is 11.3 Å². The minimum atomic E-state index is -0.531. The third-order valence-electron chi connectivity index (χ3n) is 4.97. The maximum atomic E-state index is 12.7. The summed E-state index contributed by atoms with van der Waals surface area (Å²) < 4.78 is 17.6. The molecular weight excluding hydrogens is 504 g/mol. The summed E-state index contributed by atoms with van der Waals surface area (Å²) in [4.78, 5) is 28.9. The zero-order valence-electron chi connectivity index (χ0n) is 19.4. The predicted octanol–water partition coefficient (Wildman–Crippen LogP) is 5.15.